The van der Waals surface area contributed by atoms with E-state index in [1.807, 2.05) is 6.26 Å². The third-order valence-electron chi connectivity index (χ3n) is 4.81. The van der Waals surface area contributed by atoms with Crippen LogP contribution in [0.4, 0.5) is 5.69 Å². The average Bonchev–Trinajstić information content (AvgIpc) is 3.34. The molecule has 0 aliphatic heterocycles. The molecule has 1 N–H and O–H groups in total. The second kappa shape index (κ2) is 8.98. The maximum absolute atomic E-state index is 12.1. The number of thioether (sulfide) groups is 1. The van der Waals surface area contributed by atoms with Gasteiger partial charge in [-0.25, -0.2) is 0 Å². The Morgan fingerprint density at radius 2 is 2.00 bits per heavy atom. The molecule has 9 heteroatoms. The zero-order valence-electron chi connectivity index (χ0n) is 15.3. The number of carbonyl (C=O) groups is 1. The van der Waals surface area contributed by atoms with E-state index in [1.165, 1.54) is 49.9 Å². The summed E-state index contributed by atoms with van der Waals surface area (Å²) in [6.45, 7) is 0.516. The zero-order valence-corrected chi connectivity index (χ0v) is 16.1. The van der Waals surface area contributed by atoms with Gasteiger partial charge in [-0.3, -0.25) is 14.9 Å². The maximum atomic E-state index is 12.1. The third-order valence-corrected chi connectivity index (χ3v) is 5.45. The first-order valence-corrected chi connectivity index (χ1v) is 10.3. The lowest BCUT2D eigenvalue weighted by Crippen LogP contribution is -2.25. The number of nitro groups is 1. The number of amides is 1. The molecule has 1 saturated carbocycles. The van der Waals surface area contributed by atoms with Gasteiger partial charge in [-0.2, -0.15) is 0 Å². The summed E-state index contributed by atoms with van der Waals surface area (Å²) in [5.74, 6) is 0.753. The van der Waals surface area contributed by atoms with Crippen molar-refractivity contribution in [2.24, 2.45) is 0 Å². The number of aryl methyl sites for hydroxylation is 1. The number of carbonyl (C=O) groups excluding carboxylic acids is 1. The largest absolute Gasteiger partial charge is 0.352 e. The molecule has 1 aromatic heterocycles. The van der Waals surface area contributed by atoms with Gasteiger partial charge in [0, 0.05) is 36.7 Å². The van der Waals surface area contributed by atoms with Crippen molar-refractivity contribution >= 4 is 23.4 Å². The van der Waals surface area contributed by atoms with E-state index in [0.29, 0.717) is 18.2 Å². The van der Waals surface area contributed by atoms with Crippen LogP contribution in [0.25, 0.3) is 0 Å². The molecular formula is C18H23N5O3S. The highest BCUT2D eigenvalue weighted by atomic mass is 32.2. The summed E-state index contributed by atoms with van der Waals surface area (Å²) >= 11 is 1.62. The summed E-state index contributed by atoms with van der Waals surface area (Å²) in [5.41, 5.74) is 0.391. The Hall–Kier alpha value is -2.42. The van der Waals surface area contributed by atoms with Crippen LogP contribution in [-0.2, 0) is 6.42 Å². The SMILES string of the molecule is CSc1nnc(CCCNC(=O)c2ccc([N+](=O)[O-])cc2)n1C1CCCC1. The first-order valence-electron chi connectivity index (χ1n) is 9.10. The number of aromatic nitrogens is 3. The van der Waals surface area contributed by atoms with Crippen LogP contribution in [0, 0.1) is 10.1 Å². The molecule has 1 heterocycles. The van der Waals surface area contributed by atoms with E-state index >= 15 is 0 Å². The molecule has 8 nitrogen and oxygen atoms in total. The third kappa shape index (κ3) is 4.65. The number of hydrogen-bond acceptors (Lipinski definition) is 6. The highest BCUT2D eigenvalue weighted by molar-refractivity contribution is 7.98. The van der Waals surface area contributed by atoms with Crippen LogP contribution in [-0.4, -0.2) is 38.4 Å². The Bertz CT molecular complexity index is 800. The van der Waals surface area contributed by atoms with E-state index in [-0.39, 0.29) is 11.6 Å². The molecular weight excluding hydrogens is 366 g/mol. The van der Waals surface area contributed by atoms with Crippen LogP contribution in [0.5, 0.6) is 0 Å². The molecule has 2 aromatic rings. The topological polar surface area (TPSA) is 103 Å². The van der Waals surface area contributed by atoms with E-state index in [4.69, 9.17) is 0 Å². The van der Waals surface area contributed by atoms with E-state index in [0.717, 1.165) is 23.8 Å². The monoisotopic (exact) mass is 389 g/mol. The Morgan fingerprint density at radius 3 is 2.63 bits per heavy atom. The molecule has 0 bridgehead atoms. The normalized spacial score (nSPS) is 14.4. The summed E-state index contributed by atoms with van der Waals surface area (Å²) in [4.78, 5) is 22.3. The van der Waals surface area contributed by atoms with Crippen LogP contribution in [0.15, 0.2) is 29.4 Å². The molecule has 144 valence electrons. The maximum Gasteiger partial charge on any atom is 0.269 e. The second-order valence-electron chi connectivity index (χ2n) is 6.57. The fourth-order valence-corrected chi connectivity index (χ4v) is 4.00. The average molecular weight is 389 g/mol. The zero-order chi connectivity index (χ0) is 19.2. The molecule has 1 amide bonds. The molecule has 3 rings (SSSR count). The molecule has 0 atom stereocenters. The summed E-state index contributed by atoms with van der Waals surface area (Å²) in [5, 5.41) is 23.1. The minimum absolute atomic E-state index is 0.0256. The minimum Gasteiger partial charge on any atom is -0.352 e. The highest BCUT2D eigenvalue weighted by Crippen LogP contribution is 2.33. The molecule has 1 aromatic carbocycles. The number of nitro benzene ring substituents is 1. The van der Waals surface area contributed by atoms with Gasteiger partial charge >= 0.3 is 0 Å². The highest BCUT2D eigenvalue weighted by Gasteiger charge is 2.23. The number of hydrogen-bond donors (Lipinski definition) is 1. The Kier molecular flexibility index (Phi) is 6.44. The van der Waals surface area contributed by atoms with E-state index in [1.54, 1.807) is 11.8 Å². The molecule has 1 fully saturated rings. The van der Waals surface area contributed by atoms with E-state index in [2.05, 4.69) is 20.1 Å². The second-order valence-corrected chi connectivity index (χ2v) is 7.35. The first-order chi connectivity index (χ1) is 13.1. The predicted molar refractivity (Wildman–Crippen MR) is 103 cm³/mol. The van der Waals surface area contributed by atoms with Crippen LogP contribution < -0.4 is 5.32 Å². The van der Waals surface area contributed by atoms with Gasteiger partial charge in [0.1, 0.15) is 5.82 Å². The van der Waals surface area contributed by atoms with Gasteiger partial charge in [0.15, 0.2) is 5.16 Å². The van der Waals surface area contributed by atoms with Gasteiger partial charge < -0.3 is 9.88 Å². The van der Waals surface area contributed by atoms with Crippen molar-refractivity contribution < 1.29 is 9.72 Å². The molecule has 0 spiro atoms. The minimum atomic E-state index is -0.481. The van der Waals surface area contributed by atoms with Gasteiger partial charge in [-0.15, -0.1) is 10.2 Å². The molecule has 0 radical (unpaired) electrons. The van der Waals surface area contributed by atoms with E-state index < -0.39 is 4.92 Å². The Balaban J connectivity index is 1.52. The summed E-state index contributed by atoms with van der Waals surface area (Å²) in [6.07, 6.45) is 8.39. The van der Waals surface area contributed by atoms with Crippen molar-refractivity contribution in [1.82, 2.24) is 20.1 Å². The van der Waals surface area contributed by atoms with Crippen molar-refractivity contribution in [3.63, 3.8) is 0 Å². The fourth-order valence-electron chi connectivity index (χ4n) is 3.43. The quantitative estimate of drug-likeness (QED) is 0.321. The fraction of sp³-hybridized carbons (Fsp3) is 0.500. The molecule has 0 saturated heterocycles. The van der Waals surface area contributed by atoms with Crippen LogP contribution in [0.2, 0.25) is 0 Å². The summed E-state index contributed by atoms with van der Waals surface area (Å²) in [7, 11) is 0. The lowest BCUT2D eigenvalue weighted by molar-refractivity contribution is -0.384. The Morgan fingerprint density at radius 1 is 1.30 bits per heavy atom. The van der Waals surface area contributed by atoms with Crippen molar-refractivity contribution in [2.75, 3.05) is 12.8 Å². The van der Waals surface area contributed by atoms with Crippen LogP contribution in [0.3, 0.4) is 0 Å². The van der Waals surface area contributed by atoms with E-state index in [9.17, 15) is 14.9 Å². The van der Waals surface area contributed by atoms with Gasteiger partial charge in [0.05, 0.1) is 4.92 Å². The Labute approximate surface area is 161 Å². The van der Waals surface area contributed by atoms with Crippen LogP contribution in [0.1, 0.15) is 54.3 Å². The van der Waals surface area contributed by atoms with Crippen molar-refractivity contribution in [3.05, 3.63) is 45.8 Å². The number of nitrogens with one attached hydrogen (secondary N) is 1. The predicted octanol–water partition coefficient (Wildman–Crippen LogP) is 3.39. The number of non-ortho nitro benzene ring substituents is 1. The molecule has 1 aliphatic rings. The van der Waals surface area contributed by atoms with Gasteiger partial charge in [0.2, 0.25) is 0 Å². The smallest absolute Gasteiger partial charge is 0.269 e. The van der Waals surface area contributed by atoms with Gasteiger partial charge in [-0.05, 0) is 37.7 Å². The number of benzene rings is 1. The lowest BCUT2D eigenvalue weighted by atomic mass is 10.2. The van der Waals surface area contributed by atoms with Gasteiger partial charge in [-0.1, -0.05) is 24.6 Å². The first kappa shape index (κ1) is 19.3. The van der Waals surface area contributed by atoms with Crippen LogP contribution >= 0.6 is 11.8 Å². The van der Waals surface area contributed by atoms with Crippen molar-refractivity contribution in [2.45, 2.75) is 49.7 Å². The van der Waals surface area contributed by atoms with Crippen molar-refractivity contribution in [3.8, 4) is 0 Å². The van der Waals surface area contributed by atoms with Gasteiger partial charge in [0.25, 0.3) is 11.6 Å². The molecule has 1 aliphatic carbocycles. The standard InChI is InChI=1S/C18H23N5O3S/c1-27-18-21-20-16(22(18)14-5-2-3-6-14)7-4-12-19-17(24)13-8-10-15(11-9-13)23(25)26/h8-11,14H,2-7,12H2,1H3,(H,19,24). The summed E-state index contributed by atoms with van der Waals surface area (Å²) < 4.78 is 2.27. The number of nitrogens with zero attached hydrogens (tertiary/aromatic N) is 4. The molecule has 27 heavy (non-hydrogen) atoms. The van der Waals surface area contributed by atoms with Crippen molar-refractivity contribution in [1.29, 1.82) is 0 Å². The lowest BCUT2D eigenvalue weighted by Gasteiger charge is -2.16. The number of rotatable bonds is 8. The molecule has 0 unspecified atom stereocenters. The summed E-state index contributed by atoms with van der Waals surface area (Å²) in [6, 6.07) is 6.10.